The molecule has 2 aromatic carbocycles. The van der Waals surface area contributed by atoms with Crippen molar-refractivity contribution in [3.8, 4) is 5.75 Å². The topological polar surface area (TPSA) is 32.6 Å². The number of aromatic hydroxyl groups is 1. The molecule has 0 aliphatic rings. The van der Waals surface area contributed by atoms with Crippen LogP contribution in [-0.4, -0.2) is 5.11 Å². The van der Waals surface area contributed by atoms with Crippen LogP contribution in [0.4, 0.5) is 5.69 Å². The molecule has 2 aromatic rings. The maximum absolute atomic E-state index is 8.70. The molecular weight excluding hydrogens is 245 g/mol. The normalized spacial score (nSPS) is 8.94. The first-order valence-corrected chi connectivity index (χ1v) is 5.18. The molecule has 0 saturated carbocycles. The van der Waals surface area contributed by atoms with Gasteiger partial charge in [-0.2, -0.15) is 17.7 Å². The van der Waals surface area contributed by atoms with Gasteiger partial charge in [0.1, 0.15) is 0 Å². The fourth-order valence-electron chi connectivity index (χ4n) is 0.970. The molecule has 3 heteroatoms. The number of nitrogens with zero attached hydrogens (tertiary/aromatic N) is 1. The standard InChI is InChI=1S/C7H7O.C6H5N.Ni/c1-6-2-4-7(8)5-3-6;7-6-4-2-1-3-5-6;/h2-4,8H,1H3;1-5H;/q-1;;. The molecule has 0 heterocycles. The fourth-order valence-corrected chi connectivity index (χ4v) is 1.12. The molecule has 0 aliphatic carbocycles. The van der Waals surface area contributed by atoms with E-state index in [1.165, 1.54) is 0 Å². The van der Waals surface area contributed by atoms with E-state index in [-0.39, 0.29) is 5.75 Å². The van der Waals surface area contributed by atoms with Crippen LogP contribution in [0.2, 0.25) is 0 Å². The van der Waals surface area contributed by atoms with Gasteiger partial charge < -0.3 is 5.11 Å². The van der Waals surface area contributed by atoms with E-state index in [1.807, 2.05) is 43.3 Å². The van der Waals surface area contributed by atoms with Crippen LogP contribution in [-0.2, 0) is 15.3 Å². The third-order valence-corrected chi connectivity index (χ3v) is 2.04. The van der Waals surface area contributed by atoms with Gasteiger partial charge in [-0.15, -0.1) is 12.1 Å². The molecule has 0 atom stereocenters. The zero-order valence-corrected chi connectivity index (χ0v) is 9.82. The van der Waals surface area contributed by atoms with Crippen LogP contribution < -0.4 is 0 Å². The van der Waals surface area contributed by atoms with Crippen molar-refractivity contribution in [1.29, 1.82) is 0 Å². The molecule has 0 aromatic heterocycles. The summed E-state index contributed by atoms with van der Waals surface area (Å²) in [5.41, 5.74) is 1.98. The first-order valence-electron chi connectivity index (χ1n) is 4.74. The number of aryl methyl sites for hydroxylation is 1. The number of hydrogen-bond donors (Lipinski definition) is 1. The molecule has 16 heavy (non-hydrogen) atoms. The molecule has 0 unspecified atom stereocenters. The molecular formula is C13H12NNiO-. The van der Waals surface area contributed by atoms with Crippen molar-refractivity contribution in [2.45, 2.75) is 6.92 Å². The van der Waals surface area contributed by atoms with Crippen LogP contribution in [0.25, 0.3) is 0 Å². The van der Waals surface area contributed by atoms with Crippen LogP contribution >= 0.6 is 0 Å². The number of benzene rings is 2. The van der Waals surface area contributed by atoms with Crippen molar-refractivity contribution in [3.05, 3.63) is 60.2 Å². The second kappa shape index (κ2) is 6.92. The molecule has 0 saturated heterocycles. The Labute approximate surface area is 103 Å². The summed E-state index contributed by atoms with van der Waals surface area (Å²) in [7, 11) is 0. The maximum atomic E-state index is 8.70. The first-order chi connectivity index (χ1) is 7.72. The van der Waals surface area contributed by atoms with Gasteiger partial charge in [-0.1, -0.05) is 6.92 Å². The van der Waals surface area contributed by atoms with Crippen molar-refractivity contribution < 1.29 is 20.4 Å². The van der Waals surface area contributed by atoms with E-state index in [9.17, 15) is 0 Å². The summed E-state index contributed by atoms with van der Waals surface area (Å²) in [6, 6.07) is 17.4. The second-order valence-corrected chi connectivity index (χ2v) is 3.38. The molecule has 0 bridgehead atoms. The van der Waals surface area contributed by atoms with Crippen molar-refractivity contribution in [1.82, 2.24) is 0 Å². The van der Waals surface area contributed by atoms with Crippen LogP contribution in [0, 0.1) is 13.0 Å². The molecule has 0 fully saturated rings. The van der Waals surface area contributed by atoms with Crippen LogP contribution in [0.1, 0.15) is 5.56 Å². The van der Waals surface area contributed by atoms with Crippen molar-refractivity contribution in [3.63, 3.8) is 0 Å². The summed E-state index contributed by atoms with van der Waals surface area (Å²) in [5, 5.41) is 8.70. The Bertz CT molecular complexity index is 404. The Morgan fingerprint density at radius 2 is 1.81 bits per heavy atom. The third-order valence-electron chi connectivity index (χ3n) is 1.79. The molecule has 2 rings (SSSR count). The number of phenolic OH excluding ortho intramolecular Hbond substituents is 1. The van der Waals surface area contributed by atoms with Gasteiger partial charge in [0.2, 0.25) is 0 Å². The fraction of sp³-hybridized carbons (Fsp3) is 0.0769. The molecule has 1 N–H and O–H groups in total. The SMILES string of the molecule is Cc1c[c-]c(O)cc1.[Ni]=[N]c1ccccc1. The zero-order valence-electron chi connectivity index (χ0n) is 8.83. The summed E-state index contributed by atoms with van der Waals surface area (Å²) in [6.07, 6.45) is 0. The van der Waals surface area contributed by atoms with E-state index in [1.54, 1.807) is 12.1 Å². The van der Waals surface area contributed by atoms with E-state index in [2.05, 4.69) is 25.4 Å². The molecule has 0 radical (unpaired) electrons. The van der Waals surface area contributed by atoms with Gasteiger partial charge in [-0.3, -0.25) is 0 Å². The Morgan fingerprint density at radius 1 is 1.12 bits per heavy atom. The van der Waals surface area contributed by atoms with E-state index in [0.717, 1.165) is 11.3 Å². The molecule has 86 valence electrons. The van der Waals surface area contributed by atoms with E-state index >= 15 is 0 Å². The predicted octanol–water partition coefficient (Wildman–Crippen LogP) is 3.55. The second-order valence-electron chi connectivity index (χ2n) is 3.16. The Balaban J connectivity index is 0.000000160. The van der Waals surface area contributed by atoms with E-state index in [0.29, 0.717) is 0 Å². The number of phenols is 1. The van der Waals surface area contributed by atoms with Crippen molar-refractivity contribution in [2.24, 2.45) is 4.03 Å². The van der Waals surface area contributed by atoms with Gasteiger partial charge in [0, 0.05) is 5.75 Å². The van der Waals surface area contributed by atoms with Gasteiger partial charge in [-0.25, -0.2) is 0 Å². The Kier molecular flexibility index (Phi) is 5.45. The number of hydrogen-bond acceptors (Lipinski definition) is 2. The summed E-state index contributed by atoms with van der Waals surface area (Å²) in [6.45, 7) is 1.95. The van der Waals surface area contributed by atoms with Gasteiger partial charge in [0.25, 0.3) is 0 Å². The Morgan fingerprint density at radius 3 is 2.19 bits per heavy atom. The summed E-state index contributed by atoms with van der Waals surface area (Å²) >= 11 is 4.18. The monoisotopic (exact) mass is 256 g/mol. The minimum atomic E-state index is 0.204. The average Bonchev–Trinajstić information content (AvgIpc) is 2.35. The molecule has 0 amide bonds. The number of rotatable bonds is 1. The summed E-state index contributed by atoms with van der Waals surface area (Å²) < 4.78 is 3.60. The Hall–Kier alpha value is -1.47. The van der Waals surface area contributed by atoms with E-state index in [4.69, 9.17) is 5.11 Å². The molecule has 2 nitrogen and oxygen atoms in total. The van der Waals surface area contributed by atoms with Crippen LogP contribution in [0.3, 0.4) is 0 Å². The quantitative estimate of drug-likeness (QED) is 0.614. The van der Waals surface area contributed by atoms with E-state index < -0.39 is 0 Å². The summed E-state index contributed by atoms with van der Waals surface area (Å²) in [4.78, 5) is 0. The van der Waals surface area contributed by atoms with Crippen LogP contribution in [0.5, 0.6) is 5.75 Å². The van der Waals surface area contributed by atoms with Gasteiger partial charge in [-0.05, 0) is 0 Å². The average molecular weight is 257 g/mol. The third kappa shape index (κ3) is 4.85. The zero-order chi connectivity index (χ0) is 11.8. The van der Waals surface area contributed by atoms with Crippen molar-refractivity contribution >= 4 is 5.69 Å². The van der Waals surface area contributed by atoms with Gasteiger partial charge >= 0.3 is 55.3 Å². The predicted molar refractivity (Wildman–Crippen MR) is 60.2 cm³/mol. The summed E-state index contributed by atoms with van der Waals surface area (Å²) in [5.74, 6) is 0.204. The van der Waals surface area contributed by atoms with Crippen molar-refractivity contribution in [2.75, 3.05) is 0 Å². The van der Waals surface area contributed by atoms with Gasteiger partial charge in [0.15, 0.2) is 0 Å². The van der Waals surface area contributed by atoms with Gasteiger partial charge in [0.05, 0.1) is 0 Å². The minimum absolute atomic E-state index is 0.204. The molecule has 0 spiro atoms. The van der Waals surface area contributed by atoms with Crippen LogP contribution in [0.15, 0.2) is 52.6 Å². The first kappa shape index (κ1) is 12.6. The molecule has 0 aliphatic heterocycles.